The lowest BCUT2D eigenvalue weighted by Gasteiger charge is -2.22. The Morgan fingerprint density at radius 2 is 1.55 bits per heavy atom. The summed E-state index contributed by atoms with van der Waals surface area (Å²) in [6.45, 7) is 2.90. The Kier molecular flexibility index (Phi) is 5.44. The van der Waals surface area contributed by atoms with Crippen LogP contribution in [-0.4, -0.2) is 24.1 Å². The van der Waals surface area contributed by atoms with Crippen molar-refractivity contribution in [2.24, 2.45) is 0 Å². The number of benzene rings is 3. The second-order valence-corrected chi connectivity index (χ2v) is 7.09. The number of ketones is 1. The number of thiocarbonyl (C=S) groups is 1. The highest BCUT2D eigenvalue weighted by atomic mass is 32.1. The van der Waals surface area contributed by atoms with Crippen LogP contribution in [0, 0.1) is 6.92 Å². The molecule has 3 aromatic carbocycles. The topological polar surface area (TPSA) is 59.6 Å². The Balaban J connectivity index is 1.66. The quantitative estimate of drug-likeness (QED) is 0.481. The van der Waals surface area contributed by atoms with Gasteiger partial charge in [-0.05, 0) is 37.3 Å². The number of carbonyl (C=O) groups is 1. The molecule has 3 aromatic rings. The standard InChI is InChI=1S/C23H20N2O3S/c1-15-7-9-16(10-8-15)22(26)18-13-20-21(28-12-11-27-20)14-19(18)25-23(29)24-17-5-3-2-4-6-17/h2-10,13-14H,11-12H2,1H3,(H2,24,25,29). The van der Waals surface area contributed by atoms with Crippen LogP contribution in [0.2, 0.25) is 0 Å². The van der Waals surface area contributed by atoms with Crippen molar-refractivity contribution in [3.05, 3.63) is 83.4 Å². The summed E-state index contributed by atoms with van der Waals surface area (Å²) in [5.74, 6) is 1.02. The zero-order valence-electron chi connectivity index (χ0n) is 15.9. The Morgan fingerprint density at radius 3 is 2.24 bits per heavy atom. The van der Waals surface area contributed by atoms with E-state index in [1.54, 1.807) is 12.1 Å². The molecule has 0 bridgehead atoms. The lowest BCUT2D eigenvalue weighted by Crippen LogP contribution is -2.22. The first kappa shape index (κ1) is 19.0. The van der Waals surface area contributed by atoms with Crippen molar-refractivity contribution in [1.82, 2.24) is 0 Å². The third-order valence-corrected chi connectivity index (χ3v) is 4.72. The average Bonchev–Trinajstić information content (AvgIpc) is 2.74. The van der Waals surface area contributed by atoms with E-state index in [1.165, 1.54) is 0 Å². The second-order valence-electron chi connectivity index (χ2n) is 6.68. The van der Waals surface area contributed by atoms with Crippen LogP contribution in [0.1, 0.15) is 21.5 Å². The van der Waals surface area contributed by atoms with Crippen LogP contribution in [-0.2, 0) is 0 Å². The van der Waals surface area contributed by atoms with E-state index in [2.05, 4.69) is 10.6 Å². The van der Waals surface area contributed by atoms with Crippen LogP contribution in [0.4, 0.5) is 11.4 Å². The molecule has 4 rings (SSSR count). The highest BCUT2D eigenvalue weighted by Gasteiger charge is 2.21. The fraction of sp³-hybridized carbons (Fsp3) is 0.130. The van der Waals surface area contributed by atoms with E-state index in [0.29, 0.717) is 46.6 Å². The number of carbonyl (C=O) groups excluding carboxylic acids is 1. The van der Waals surface area contributed by atoms with E-state index < -0.39 is 0 Å². The number of para-hydroxylation sites is 1. The van der Waals surface area contributed by atoms with E-state index in [1.807, 2.05) is 61.5 Å². The third kappa shape index (κ3) is 4.38. The number of ether oxygens (including phenoxy) is 2. The molecule has 29 heavy (non-hydrogen) atoms. The predicted octanol–water partition coefficient (Wildman–Crippen LogP) is 4.81. The summed E-state index contributed by atoms with van der Waals surface area (Å²) < 4.78 is 11.4. The minimum atomic E-state index is -0.119. The van der Waals surface area contributed by atoms with Gasteiger partial charge in [-0.2, -0.15) is 0 Å². The van der Waals surface area contributed by atoms with E-state index in [9.17, 15) is 4.79 Å². The first-order chi connectivity index (χ1) is 14.1. The van der Waals surface area contributed by atoms with Crippen LogP contribution < -0.4 is 20.1 Å². The van der Waals surface area contributed by atoms with Crippen LogP contribution >= 0.6 is 12.2 Å². The largest absolute Gasteiger partial charge is 0.486 e. The fourth-order valence-electron chi connectivity index (χ4n) is 3.05. The molecule has 0 amide bonds. The van der Waals surface area contributed by atoms with Gasteiger partial charge in [0.15, 0.2) is 22.4 Å². The maximum atomic E-state index is 13.2. The molecule has 0 atom stereocenters. The Labute approximate surface area is 174 Å². The van der Waals surface area contributed by atoms with E-state index in [0.717, 1.165) is 11.3 Å². The SMILES string of the molecule is Cc1ccc(C(=O)c2cc3c(cc2NC(=S)Nc2ccccc2)OCCO3)cc1. The first-order valence-electron chi connectivity index (χ1n) is 9.28. The number of fused-ring (bicyclic) bond motifs is 1. The molecule has 0 saturated carbocycles. The van der Waals surface area contributed by atoms with Gasteiger partial charge in [-0.1, -0.05) is 48.0 Å². The second kappa shape index (κ2) is 8.32. The molecule has 0 aromatic heterocycles. The van der Waals surface area contributed by atoms with E-state index in [-0.39, 0.29) is 5.78 Å². The molecule has 0 unspecified atom stereocenters. The number of rotatable bonds is 4. The molecule has 5 nitrogen and oxygen atoms in total. The molecule has 0 aliphatic carbocycles. The minimum Gasteiger partial charge on any atom is -0.486 e. The number of hydrogen-bond acceptors (Lipinski definition) is 4. The van der Waals surface area contributed by atoms with Gasteiger partial charge in [0.25, 0.3) is 0 Å². The van der Waals surface area contributed by atoms with Crippen LogP contribution in [0.25, 0.3) is 0 Å². The fourth-order valence-corrected chi connectivity index (χ4v) is 3.27. The summed E-state index contributed by atoms with van der Waals surface area (Å²) in [5, 5.41) is 6.64. The van der Waals surface area contributed by atoms with Crippen molar-refractivity contribution in [1.29, 1.82) is 0 Å². The van der Waals surface area contributed by atoms with Crippen LogP contribution in [0.3, 0.4) is 0 Å². The maximum Gasteiger partial charge on any atom is 0.195 e. The maximum absolute atomic E-state index is 13.2. The van der Waals surface area contributed by atoms with Crippen molar-refractivity contribution in [3.8, 4) is 11.5 Å². The predicted molar refractivity (Wildman–Crippen MR) is 118 cm³/mol. The molecule has 6 heteroatoms. The number of anilines is 2. The number of hydrogen-bond donors (Lipinski definition) is 2. The lowest BCUT2D eigenvalue weighted by molar-refractivity contribution is 0.103. The van der Waals surface area contributed by atoms with Crippen LogP contribution in [0.5, 0.6) is 11.5 Å². The normalized spacial score (nSPS) is 12.2. The van der Waals surface area contributed by atoms with Gasteiger partial charge in [0, 0.05) is 17.3 Å². The molecule has 1 aliphatic rings. The van der Waals surface area contributed by atoms with Crippen molar-refractivity contribution < 1.29 is 14.3 Å². The monoisotopic (exact) mass is 404 g/mol. The molecule has 0 fully saturated rings. The lowest BCUT2D eigenvalue weighted by atomic mass is 10.00. The number of aryl methyl sites for hydroxylation is 1. The summed E-state index contributed by atoms with van der Waals surface area (Å²) in [4.78, 5) is 13.2. The van der Waals surface area contributed by atoms with Gasteiger partial charge in [0.1, 0.15) is 13.2 Å². The molecule has 0 saturated heterocycles. The van der Waals surface area contributed by atoms with Crippen molar-refractivity contribution in [2.45, 2.75) is 6.92 Å². The highest BCUT2D eigenvalue weighted by molar-refractivity contribution is 7.80. The summed E-state index contributed by atoms with van der Waals surface area (Å²) in [5.41, 5.74) is 3.57. The van der Waals surface area contributed by atoms with Gasteiger partial charge in [-0.25, -0.2) is 0 Å². The molecular weight excluding hydrogens is 384 g/mol. The van der Waals surface area contributed by atoms with E-state index in [4.69, 9.17) is 21.7 Å². The summed E-state index contributed by atoms with van der Waals surface area (Å²) in [6, 6.07) is 20.5. The Bertz CT molecular complexity index is 1050. The highest BCUT2D eigenvalue weighted by Crippen LogP contribution is 2.36. The average molecular weight is 404 g/mol. The zero-order valence-corrected chi connectivity index (χ0v) is 16.7. The molecule has 1 aliphatic heterocycles. The summed E-state index contributed by atoms with van der Waals surface area (Å²) >= 11 is 5.45. The van der Waals surface area contributed by atoms with Gasteiger partial charge in [0.2, 0.25) is 0 Å². The molecular formula is C23H20N2O3S. The summed E-state index contributed by atoms with van der Waals surface area (Å²) in [6.07, 6.45) is 0. The van der Waals surface area contributed by atoms with Gasteiger partial charge in [-0.3, -0.25) is 4.79 Å². The minimum absolute atomic E-state index is 0.119. The molecule has 146 valence electrons. The van der Waals surface area contributed by atoms with E-state index >= 15 is 0 Å². The molecule has 1 heterocycles. The van der Waals surface area contributed by atoms with Gasteiger partial charge < -0.3 is 20.1 Å². The Morgan fingerprint density at radius 1 is 0.897 bits per heavy atom. The van der Waals surface area contributed by atoms with Gasteiger partial charge in [-0.15, -0.1) is 0 Å². The summed E-state index contributed by atoms with van der Waals surface area (Å²) in [7, 11) is 0. The molecule has 0 radical (unpaired) electrons. The first-order valence-corrected chi connectivity index (χ1v) is 9.69. The van der Waals surface area contributed by atoms with Crippen molar-refractivity contribution in [3.63, 3.8) is 0 Å². The zero-order chi connectivity index (χ0) is 20.2. The van der Waals surface area contributed by atoms with Crippen LogP contribution in [0.15, 0.2) is 66.7 Å². The third-order valence-electron chi connectivity index (χ3n) is 4.52. The van der Waals surface area contributed by atoms with Crippen molar-refractivity contribution >= 4 is 34.5 Å². The van der Waals surface area contributed by atoms with Gasteiger partial charge in [0.05, 0.1) is 11.3 Å². The van der Waals surface area contributed by atoms with Gasteiger partial charge >= 0.3 is 0 Å². The van der Waals surface area contributed by atoms with Crippen molar-refractivity contribution in [2.75, 3.05) is 23.8 Å². The molecule has 0 spiro atoms. The number of nitrogens with one attached hydrogen (secondary N) is 2. The molecule has 2 N–H and O–H groups in total. The Hall–Kier alpha value is -3.38. The smallest absolute Gasteiger partial charge is 0.195 e.